The van der Waals surface area contributed by atoms with Crippen LogP contribution in [0.2, 0.25) is 0 Å². The topological polar surface area (TPSA) is 216 Å². The quantitative estimate of drug-likeness (QED) is 0.0346. The number of phenols is 1. The van der Waals surface area contributed by atoms with Crippen LogP contribution in [-0.2, 0) is 19.3 Å². The lowest BCUT2D eigenvalue weighted by Crippen LogP contribution is -2.32. The van der Waals surface area contributed by atoms with Crippen LogP contribution < -0.4 is 26.2 Å². The van der Waals surface area contributed by atoms with Gasteiger partial charge in [-0.15, -0.1) is 14.3 Å². The van der Waals surface area contributed by atoms with E-state index >= 15 is 0 Å². The van der Waals surface area contributed by atoms with Crippen LogP contribution in [0.5, 0.6) is 5.75 Å². The van der Waals surface area contributed by atoms with Gasteiger partial charge >= 0.3 is 17.8 Å². The van der Waals surface area contributed by atoms with Gasteiger partial charge in [0.15, 0.2) is 0 Å². The predicted molar refractivity (Wildman–Crippen MR) is 184 cm³/mol. The minimum absolute atomic E-state index is 0.0376. The van der Waals surface area contributed by atoms with Crippen molar-refractivity contribution in [3.8, 4) is 11.7 Å². The fourth-order valence-electron chi connectivity index (χ4n) is 4.69. The van der Waals surface area contributed by atoms with E-state index in [1.54, 1.807) is 54.2 Å². The van der Waals surface area contributed by atoms with Crippen LogP contribution in [0.15, 0.2) is 117 Å². The van der Waals surface area contributed by atoms with E-state index < -0.39 is 10.0 Å². The molecule has 4 aromatic carbocycles. The zero-order valence-corrected chi connectivity index (χ0v) is 27.6. The Balaban J connectivity index is 1.38. The van der Waals surface area contributed by atoms with Crippen molar-refractivity contribution in [2.75, 3.05) is 10.6 Å². The van der Waals surface area contributed by atoms with Crippen LogP contribution in [0.1, 0.15) is 11.1 Å². The summed E-state index contributed by atoms with van der Waals surface area (Å²) in [7, 11) is -4.18. The van der Waals surface area contributed by atoms with Crippen LogP contribution in [0, 0.1) is 13.8 Å². The van der Waals surface area contributed by atoms with Crippen molar-refractivity contribution in [3.63, 3.8) is 0 Å². The molecule has 248 valence electrons. The first-order valence-electron chi connectivity index (χ1n) is 14.5. The van der Waals surface area contributed by atoms with Gasteiger partial charge in [-0.05, 0) is 95.9 Å². The molecule has 15 nitrogen and oxygen atoms in total. The molecule has 7 N–H and O–H groups in total. The molecule has 0 fully saturated rings. The number of benzene rings is 4. The normalized spacial score (nSPS) is 11.7. The zero-order valence-electron chi connectivity index (χ0n) is 26.0. The number of hydrogen-bond acceptors (Lipinski definition) is 14. The smallest absolute Gasteiger partial charge is 0.444 e. The number of nitrogens with zero attached hydrogens (tertiary/aromatic N) is 6. The SMILES string of the molecule is Cc1ccc(N=Nc2ccc(Nc3nc(Nc4cc(S(N)(=O)=O)cc5cc(SOON)c(C)c(O)c45)nc(-[n+]4ccccc4)n3)cc2)cc1. The third kappa shape index (κ3) is 7.95. The number of fused-ring (bicyclic) bond motifs is 1. The Hall–Kier alpha value is -5.56. The number of nitrogens with two attached hydrogens (primary N) is 2. The van der Waals surface area contributed by atoms with Crippen LogP contribution in [0.25, 0.3) is 16.7 Å². The molecule has 17 heteroatoms. The van der Waals surface area contributed by atoms with Gasteiger partial charge in [0.05, 0.1) is 46.4 Å². The summed E-state index contributed by atoms with van der Waals surface area (Å²) in [4.78, 5) is 18.1. The van der Waals surface area contributed by atoms with Gasteiger partial charge in [-0.2, -0.15) is 16.1 Å². The molecule has 0 amide bonds. The number of aromatic nitrogens is 4. The van der Waals surface area contributed by atoms with Crippen molar-refractivity contribution < 1.29 is 27.4 Å². The van der Waals surface area contributed by atoms with E-state index in [0.29, 0.717) is 27.2 Å². The molecule has 6 rings (SSSR count). The summed E-state index contributed by atoms with van der Waals surface area (Å²) in [6.45, 7) is 3.66. The minimum atomic E-state index is -4.18. The first-order valence-corrected chi connectivity index (χ1v) is 16.7. The van der Waals surface area contributed by atoms with Gasteiger partial charge in [-0.25, -0.2) is 18.1 Å². The van der Waals surface area contributed by atoms with Crippen molar-refractivity contribution in [2.45, 2.75) is 23.6 Å². The van der Waals surface area contributed by atoms with Gasteiger partial charge in [0, 0.05) is 21.5 Å². The largest absolute Gasteiger partial charge is 0.507 e. The predicted octanol–water partition coefficient (Wildman–Crippen LogP) is 6.00. The molecule has 0 aliphatic heterocycles. The lowest BCUT2D eigenvalue weighted by Gasteiger charge is -2.15. The first kappa shape index (κ1) is 33.3. The third-order valence-electron chi connectivity index (χ3n) is 7.14. The number of aryl methyl sites for hydroxylation is 1. The van der Waals surface area contributed by atoms with Crippen molar-refractivity contribution in [1.82, 2.24) is 15.0 Å². The van der Waals surface area contributed by atoms with Gasteiger partial charge in [0.1, 0.15) is 5.75 Å². The maximum Gasteiger partial charge on any atom is 0.444 e. The number of azo groups is 1. The average Bonchev–Trinajstić information content (AvgIpc) is 3.09. The zero-order chi connectivity index (χ0) is 34.5. The van der Waals surface area contributed by atoms with E-state index in [1.165, 1.54) is 12.1 Å². The second kappa shape index (κ2) is 14.3. The fraction of sp³-hybridized carbons (Fsp3) is 0.0625. The molecular formula is C32H29N10O5S2+. The van der Waals surface area contributed by atoms with Crippen LogP contribution >= 0.6 is 12.0 Å². The Kier molecular flexibility index (Phi) is 9.72. The Morgan fingerprint density at radius 2 is 1.49 bits per heavy atom. The lowest BCUT2D eigenvalue weighted by molar-refractivity contribution is -0.603. The van der Waals surface area contributed by atoms with Gasteiger partial charge in [-0.1, -0.05) is 23.8 Å². The number of hydrogen-bond donors (Lipinski definition) is 5. The molecule has 0 spiro atoms. The number of sulfonamides is 1. The Bertz CT molecular complexity index is 2270. The molecule has 0 saturated carbocycles. The minimum Gasteiger partial charge on any atom is -0.507 e. The van der Waals surface area contributed by atoms with E-state index in [0.717, 1.165) is 23.3 Å². The molecule has 49 heavy (non-hydrogen) atoms. The summed E-state index contributed by atoms with van der Waals surface area (Å²) in [5, 5.41) is 32.2. The second-order valence-corrected chi connectivity index (χ2v) is 12.9. The number of pyridine rings is 1. The molecule has 0 saturated heterocycles. The summed E-state index contributed by atoms with van der Waals surface area (Å²) >= 11 is 0.741. The first-order chi connectivity index (χ1) is 23.6. The van der Waals surface area contributed by atoms with E-state index in [9.17, 15) is 13.5 Å². The number of rotatable bonds is 11. The number of nitrogens with one attached hydrogen (secondary N) is 2. The van der Waals surface area contributed by atoms with E-state index in [-0.39, 0.29) is 39.6 Å². The number of aromatic hydroxyl groups is 1. The van der Waals surface area contributed by atoms with Gasteiger partial charge < -0.3 is 15.7 Å². The van der Waals surface area contributed by atoms with E-state index in [4.69, 9.17) is 15.4 Å². The Morgan fingerprint density at radius 1 is 0.857 bits per heavy atom. The second-order valence-electron chi connectivity index (χ2n) is 10.6. The number of phenolic OH excluding ortho intramolecular Hbond substituents is 1. The van der Waals surface area contributed by atoms with Crippen molar-refractivity contribution in [2.24, 2.45) is 21.3 Å². The molecule has 0 aliphatic rings. The number of primary sulfonamides is 1. The molecule has 0 radical (unpaired) electrons. The summed E-state index contributed by atoms with van der Waals surface area (Å²) in [5.74, 6) is 5.27. The van der Waals surface area contributed by atoms with Crippen molar-refractivity contribution in [3.05, 3.63) is 108 Å². The standard InChI is InChI=1S/C32H28N10O5S2/c1-19-6-8-23(9-7-19)40-41-24-12-10-22(11-13-24)35-30-37-31(39-32(38-30)42-14-4-3-5-15-42)36-26-18-25(49(34,44)45)16-21-17-27(48-47-46-33)20(2)29(43)28(21)26/h3-18H,33H2,1-2H3,(H4-,34,35,36,37,38,39,40,43,44,45)/p+1. The summed E-state index contributed by atoms with van der Waals surface area (Å²) < 4.78 is 31.4. The molecule has 2 aromatic heterocycles. The lowest BCUT2D eigenvalue weighted by atomic mass is 10.0. The molecule has 0 bridgehead atoms. The van der Waals surface area contributed by atoms with E-state index in [2.05, 4.69) is 40.8 Å². The van der Waals surface area contributed by atoms with Gasteiger partial charge in [0.2, 0.25) is 10.0 Å². The molecular weight excluding hydrogens is 669 g/mol. The highest BCUT2D eigenvalue weighted by Crippen LogP contribution is 2.42. The van der Waals surface area contributed by atoms with Gasteiger partial charge in [-0.3, -0.25) is 0 Å². The van der Waals surface area contributed by atoms with Crippen LogP contribution in [-0.4, -0.2) is 28.5 Å². The average molecular weight is 698 g/mol. The summed E-state index contributed by atoms with van der Waals surface area (Å²) in [5.41, 5.74) is 3.76. The molecule has 2 heterocycles. The molecule has 6 aromatic rings. The van der Waals surface area contributed by atoms with Crippen molar-refractivity contribution in [1.29, 1.82) is 0 Å². The fourth-order valence-corrected chi connectivity index (χ4v) is 5.77. The van der Waals surface area contributed by atoms with Crippen molar-refractivity contribution >= 4 is 67.5 Å². The Labute approximate surface area is 284 Å². The Morgan fingerprint density at radius 3 is 2.12 bits per heavy atom. The van der Waals surface area contributed by atoms with E-state index in [1.807, 2.05) is 49.4 Å². The molecule has 0 atom stereocenters. The highest BCUT2D eigenvalue weighted by Gasteiger charge is 2.23. The third-order valence-corrected chi connectivity index (χ3v) is 8.78. The maximum absolute atomic E-state index is 12.5. The van der Waals surface area contributed by atoms with Gasteiger partial charge in [0.25, 0.3) is 0 Å². The highest BCUT2D eigenvalue weighted by molar-refractivity contribution is 7.94. The van der Waals surface area contributed by atoms with Crippen LogP contribution in [0.4, 0.5) is 34.6 Å². The molecule has 0 unspecified atom stereocenters. The monoisotopic (exact) mass is 697 g/mol. The maximum atomic E-state index is 12.5. The molecule has 0 aliphatic carbocycles. The highest BCUT2D eigenvalue weighted by atomic mass is 32.2. The number of anilines is 4. The summed E-state index contributed by atoms with van der Waals surface area (Å²) in [6, 6.07) is 24.6. The van der Waals surface area contributed by atoms with Crippen LogP contribution in [0.3, 0.4) is 0 Å². The summed E-state index contributed by atoms with van der Waals surface area (Å²) in [6.07, 6.45) is 3.52.